The molecule has 1 heterocycles. The van der Waals surface area contributed by atoms with Crippen molar-refractivity contribution >= 4 is 5.91 Å². The molecule has 118 valence electrons. The Morgan fingerprint density at radius 3 is 2.71 bits per heavy atom. The summed E-state index contributed by atoms with van der Waals surface area (Å²) in [6, 6.07) is 3.56. The van der Waals surface area contributed by atoms with Gasteiger partial charge in [0.25, 0.3) is 5.91 Å². The summed E-state index contributed by atoms with van der Waals surface area (Å²) in [7, 11) is 0. The lowest BCUT2D eigenvalue weighted by Gasteiger charge is -2.15. The lowest BCUT2D eigenvalue weighted by molar-refractivity contribution is 0.0896. The van der Waals surface area contributed by atoms with Crippen LogP contribution in [-0.2, 0) is 11.3 Å². The van der Waals surface area contributed by atoms with E-state index in [4.69, 9.17) is 9.15 Å². The van der Waals surface area contributed by atoms with Crippen molar-refractivity contribution in [2.75, 3.05) is 32.8 Å². The predicted octanol–water partition coefficient (Wildman–Crippen LogP) is 2.44. The van der Waals surface area contributed by atoms with Gasteiger partial charge in [0, 0.05) is 6.54 Å². The van der Waals surface area contributed by atoms with Gasteiger partial charge in [-0.3, -0.25) is 9.69 Å². The molecule has 0 saturated heterocycles. The van der Waals surface area contributed by atoms with Crippen LogP contribution in [0.15, 0.2) is 28.7 Å². The summed E-state index contributed by atoms with van der Waals surface area (Å²) in [4.78, 5) is 14.1. The highest BCUT2D eigenvalue weighted by molar-refractivity contribution is 5.91. The van der Waals surface area contributed by atoms with Crippen molar-refractivity contribution in [3.63, 3.8) is 0 Å². The summed E-state index contributed by atoms with van der Waals surface area (Å²) >= 11 is 0. The van der Waals surface area contributed by atoms with Crippen LogP contribution in [0.1, 0.15) is 37.1 Å². The molecule has 0 atom stereocenters. The lowest BCUT2D eigenvalue weighted by atomic mass is 10.3. The Hall–Kier alpha value is -1.59. The zero-order valence-corrected chi connectivity index (χ0v) is 13.3. The maximum atomic E-state index is 11.9. The van der Waals surface area contributed by atoms with Gasteiger partial charge in [-0.15, -0.1) is 0 Å². The molecule has 0 unspecified atom stereocenters. The second kappa shape index (κ2) is 9.37. The number of carbonyl (C=O) groups excluding carboxylic acids is 1. The molecule has 0 aromatic carbocycles. The SMILES string of the molecule is C=C(C)COCCNC(=O)c1ccc(CN(CC)CC)o1. The Kier molecular flexibility index (Phi) is 7.79. The van der Waals surface area contributed by atoms with Crippen LogP contribution in [-0.4, -0.2) is 43.7 Å². The maximum absolute atomic E-state index is 11.9. The molecule has 0 spiro atoms. The van der Waals surface area contributed by atoms with E-state index < -0.39 is 0 Å². The molecule has 0 bridgehead atoms. The van der Waals surface area contributed by atoms with Crippen LogP contribution in [0.4, 0.5) is 0 Å². The van der Waals surface area contributed by atoms with Crippen molar-refractivity contribution in [1.29, 1.82) is 0 Å². The summed E-state index contributed by atoms with van der Waals surface area (Å²) in [6.45, 7) is 13.9. The average molecular weight is 294 g/mol. The van der Waals surface area contributed by atoms with Crippen LogP contribution in [0.3, 0.4) is 0 Å². The van der Waals surface area contributed by atoms with Gasteiger partial charge in [-0.25, -0.2) is 0 Å². The monoisotopic (exact) mass is 294 g/mol. The minimum atomic E-state index is -0.209. The number of amides is 1. The Bertz CT molecular complexity index is 450. The van der Waals surface area contributed by atoms with Crippen LogP contribution >= 0.6 is 0 Å². The van der Waals surface area contributed by atoms with Crippen LogP contribution in [0.25, 0.3) is 0 Å². The molecule has 1 amide bonds. The van der Waals surface area contributed by atoms with Crippen LogP contribution in [0, 0.1) is 0 Å². The van der Waals surface area contributed by atoms with Gasteiger partial charge in [0.1, 0.15) is 5.76 Å². The first-order chi connectivity index (χ1) is 10.1. The molecule has 0 saturated carbocycles. The number of carbonyl (C=O) groups is 1. The first-order valence-electron chi connectivity index (χ1n) is 7.38. The molecule has 1 N–H and O–H groups in total. The molecular formula is C16H26N2O3. The van der Waals surface area contributed by atoms with Gasteiger partial charge in [-0.05, 0) is 32.1 Å². The van der Waals surface area contributed by atoms with Crippen molar-refractivity contribution in [1.82, 2.24) is 10.2 Å². The van der Waals surface area contributed by atoms with Crippen LogP contribution < -0.4 is 5.32 Å². The summed E-state index contributed by atoms with van der Waals surface area (Å²) in [6.07, 6.45) is 0. The first-order valence-corrected chi connectivity index (χ1v) is 7.38. The molecule has 0 fully saturated rings. The van der Waals surface area contributed by atoms with E-state index in [9.17, 15) is 4.79 Å². The second-order valence-corrected chi connectivity index (χ2v) is 4.99. The first kappa shape index (κ1) is 17.5. The summed E-state index contributed by atoms with van der Waals surface area (Å²) < 4.78 is 10.9. The molecule has 5 nitrogen and oxygen atoms in total. The van der Waals surface area contributed by atoms with Crippen molar-refractivity contribution in [2.45, 2.75) is 27.3 Å². The van der Waals surface area contributed by atoms with Gasteiger partial charge in [-0.1, -0.05) is 26.0 Å². The zero-order chi connectivity index (χ0) is 15.7. The fourth-order valence-corrected chi connectivity index (χ4v) is 1.82. The Morgan fingerprint density at radius 1 is 1.38 bits per heavy atom. The second-order valence-electron chi connectivity index (χ2n) is 4.99. The topological polar surface area (TPSA) is 54.7 Å². The van der Waals surface area contributed by atoms with Gasteiger partial charge in [0.05, 0.1) is 19.8 Å². The zero-order valence-electron chi connectivity index (χ0n) is 13.3. The number of nitrogens with one attached hydrogen (secondary N) is 1. The van der Waals surface area contributed by atoms with Crippen LogP contribution in [0.5, 0.6) is 0 Å². The van der Waals surface area contributed by atoms with E-state index in [2.05, 4.69) is 30.6 Å². The third kappa shape index (κ3) is 6.60. The molecule has 1 aromatic rings. The van der Waals surface area contributed by atoms with Crippen molar-refractivity contribution in [2.24, 2.45) is 0 Å². The van der Waals surface area contributed by atoms with Crippen molar-refractivity contribution < 1.29 is 13.9 Å². The fourth-order valence-electron chi connectivity index (χ4n) is 1.82. The predicted molar refractivity (Wildman–Crippen MR) is 83.3 cm³/mol. The Balaban J connectivity index is 2.34. The normalized spacial score (nSPS) is 10.9. The molecule has 0 aliphatic heterocycles. The molecule has 0 radical (unpaired) electrons. The van der Waals surface area contributed by atoms with E-state index in [1.807, 2.05) is 13.0 Å². The number of hydrogen-bond donors (Lipinski definition) is 1. The largest absolute Gasteiger partial charge is 0.455 e. The van der Waals surface area contributed by atoms with Gasteiger partial charge in [0.15, 0.2) is 5.76 Å². The van der Waals surface area contributed by atoms with Crippen molar-refractivity contribution in [3.05, 3.63) is 35.8 Å². The third-order valence-electron chi connectivity index (χ3n) is 3.04. The number of rotatable bonds is 10. The third-order valence-corrected chi connectivity index (χ3v) is 3.04. The van der Waals surface area contributed by atoms with Crippen molar-refractivity contribution in [3.8, 4) is 0 Å². The number of ether oxygens (including phenoxy) is 1. The maximum Gasteiger partial charge on any atom is 0.287 e. The summed E-state index contributed by atoms with van der Waals surface area (Å²) in [5.74, 6) is 0.944. The summed E-state index contributed by atoms with van der Waals surface area (Å²) in [5, 5.41) is 2.77. The molecular weight excluding hydrogens is 268 g/mol. The standard InChI is InChI=1S/C16H26N2O3/c1-5-18(6-2)11-14-7-8-15(21-14)16(19)17-9-10-20-12-13(3)4/h7-8H,3,5-6,9-12H2,1-2,4H3,(H,17,19). The van der Waals surface area contributed by atoms with E-state index in [-0.39, 0.29) is 5.91 Å². The van der Waals surface area contributed by atoms with Gasteiger partial charge in [-0.2, -0.15) is 0 Å². The Labute approximate surface area is 127 Å². The molecule has 5 heteroatoms. The number of furan rings is 1. The minimum absolute atomic E-state index is 0.209. The lowest BCUT2D eigenvalue weighted by Crippen LogP contribution is -2.27. The smallest absolute Gasteiger partial charge is 0.287 e. The molecule has 21 heavy (non-hydrogen) atoms. The quantitative estimate of drug-likeness (QED) is 0.532. The number of hydrogen-bond acceptors (Lipinski definition) is 4. The molecule has 1 rings (SSSR count). The van der Waals surface area contributed by atoms with Gasteiger partial charge in [0.2, 0.25) is 0 Å². The average Bonchev–Trinajstić information content (AvgIpc) is 2.92. The minimum Gasteiger partial charge on any atom is -0.455 e. The van der Waals surface area contributed by atoms with Crippen LogP contribution in [0.2, 0.25) is 0 Å². The Morgan fingerprint density at radius 2 is 2.10 bits per heavy atom. The van der Waals surface area contributed by atoms with E-state index in [1.165, 1.54) is 0 Å². The molecule has 1 aromatic heterocycles. The van der Waals surface area contributed by atoms with E-state index in [1.54, 1.807) is 6.07 Å². The van der Waals surface area contributed by atoms with Gasteiger partial charge < -0.3 is 14.5 Å². The fraction of sp³-hybridized carbons (Fsp3) is 0.562. The number of nitrogens with zero attached hydrogens (tertiary/aromatic N) is 1. The van der Waals surface area contributed by atoms with E-state index in [0.717, 1.165) is 31.0 Å². The molecule has 0 aliphatic rings. The highest BCUT2D eigenvalue weighted by Crippen LogP contribution is 2.10. The molecule has 0 aliphatic carbocycles. The highest BCUT2D eigenvalue weighted by Gasteiger charge is 2.12. The van der Waals surface area contributed by atoms with E-state index in [0.29, 0.717) is 25.5 Å². The van der Waals surface area contributed by atoms with Gasteiger partial charge >= 0.3 is 0 Å². The highest BCUT2D eigenvalue weighted by atomic mass is 16.5. The summed E-state index contributed by atoms with van der Waals surface area (Å²) in [5.41, 5.74) is 0.966. The van der Waals surface area contributed by atoms with E-state index >= 15 is 0 Å².